The summed E-state index contributed by atoms with van der Waals surface area (Å²) in [6.45, 7) is 1.00. The molecule has 0 saturated carbocycles. The molecule has 1 spiro atoms. The molecule has 190 valence electrons. The van der Waals surface area contributed by atoms with Crippen LogP contribution < -0.4 is 10.2 Å². The molecule has 7 nitrogen and oxygen atoms in total. The number of rotatable bonds is 5. The highest BCUT2D eigenvalue weighted by Crippen LogP contribution is 2.39. The molecule has 2 heterocycles. The van der Waals surface area contributed by atoms with Crippen molar-refractivity contribution in [2.45, 2.75) is 18.4 Å². The Labute approximate surface area is 223 Å². The summed E-state index contributed by atoms with van der Waals surface area (Å²) in [6.07, 6.45) is 0.915. The van der Waals surface area contributed by atoms with Gasteiger partial charge in [-0.3, -0.25) is 14.4 Å². The standard InChI is InChI=1S/C28H26BrFN4O3/c29-21-8-6-20(7-9-21)26(36)32-16-14-28(15-17-32)27(37)33(19-34(28)24-4-2-1-3-5-24)18-25(35)31-23-12-10-22(30)11-13-23/h1-13H,14-19H2,(H,31,35). The number of nitrogens with zero attached hydrogens (tertiary/aromatic N) is 3. The Morgan fingerprint density at radius 1 is 0.919 bits per heavy atom. The van der Waals surface area contributed by atoms with Gasteiger partial charge >= 0.3 is 0 Å². The van der Waals surface area contributed by atoms with Gasteiger partial charge in [0.15, 0.2) is 0 Å². The van der Waals surface area contributed by atoms with Crippen LogP contribution in [0, 0.1) is 5.82 Å². The average molecular weight is 565 g/mol. The largest absolute Gasteiger partial charge is 0.339 e. The first-order valence-corrected chi connectivity index (χ1v) is 12.9. The number of amides is 3. The van der Waals surface area contributed by atoms with Gasteiger partial charge in [-0.25, -0.2) is 4.39 Å². The maximum atomic E-state index is 13.8. The van der Waals surface area contributed by atoms with E-state index in [0.29, 0.717) is 37.2 Å². The molecule has 3 aromatic rings. The lowest BCUT2D eigenvalue weighted by Gasteiger charge is -2.43. The van der Waals surface area contributed by atoms with Crippen LogP contribution in [0.2, 0.25) is 0 Å². The molecule has 0 unspecified atom stereocenters. The van der Waals surface area contributed by atoms with Gasteiger partial charge in [0.2, 0.25) is 5.91 Å². The lowest BCUT2D eigenvalue weighted by atomic mass is 9.85. The van der Waals surface area contributed by atoms with Crippen LogP contribution in [0.1, 0.15) is 23.2 Å². The maximum absolute atomic E-state index is 13.8. The van der Waals surface area contributed by atoms with Gasteiger partial charge in [-0.2, -0.15) is 0 Å². The summed E-state index contributed by atoms with van der Waals surface area (Å²) >= 11 is 3.39. The topological polar surface area (TPSA) is 73.0 Å². The van der Waals surface area contributed by atoms with Gasteiger partial charge in [-0.15, -0.1) is 0 Å². The quantitative estimate of drug-likeness (QED) is 0.495. The van der Waals surface area contributed by atoms with Crippen molar-refractivity contribution in [2.75, 3.05) is 36.5 Å². The normalized spacial score (nSPS) is 16.8. The van der Waals surface area contributed by atoms with Crippen molar-refractivity contribution in [2.24, 2.45) is 0 Å². The molecule has 0 bridgehead atoms. The minimum atomic E-state index is -0.839. The summed E-state index contributed by atoms with van der Waals surface area (Å²) in [5.74, 6) is -0.929. The highest BCUT2D eigenvalue weighted by atomic mass is 79.9. The molecule has 2 saturated heterocycles. The number of likely N-dealkylation sites (tertiary alicyclic amines) is 1. The van der Waals surface area contributed by atoms with E-state index in [2.05, 4.69) is 26.1 Å². The van der Waals surface area contributed by atoms with Crippen molar-refractivity contribution >= 4 is 45.0 Å². The van der Waals surface area contributed by atoms with Crippen LogP contribution in [0.25, 0.3) is 0 Å². The summed E-state index contributed by atoms with van der Waals surface area (Å²) < 4.78 is 14.1. The molecular weight excluding hydrogens is 539 g/mol. The zero-order valence-corrected chi connectivity index (χ0v) is 21.7. The van der Waals surface area contributed by atoms with Crippen LogP contribution in [-0.4, -0.2) is 59.4 Å². The number of para-hydroxylation sites is 1. The first kappa shape index (κ1) is 25.0. The third-order valence-electron chi connectivity index (χ3n) is 7.01. The Morgan fingerprint density at radius 2 is 1.57 bits per heavy atom. The second-order valence-electron chi connectivity index (χ2n) is 9.29. The summed E-state index contributed by atoms with van der Waals surface area (Å²) in [7, 11) is 0. The molecular formula is C28H26BrFN4O3. The van der Waals surface area contributed by atoms with E-state index in [-0.39, 0.29) is 30.9 Å². The van der Waals surface area contributed by atoms with Gasteiger partial charge in [0, 0.05) is 34.5 Å². The zero-order valence-electron chi connectivity index (χ0n) is 20.1. The summed E-state index contributed by atoms with van der Waals surface area (Å²) in [4.78, 5) is 45.1. The monoisotopic (exact) mass is 564 g/mol. The van der Waals surface area contributed by atoms with Gasteiger partial charge in [0.05, 0.1) is 6.67 Å². The van der Waals surface area contributed by atoms with Crippen LogP contribution in [-0.2, 0) is 9.59 Å². The van der Waals surface area contributed by atoms with E-state index in [4.69, 9.17) is 0 Å². The minimum Gasteiger partial charge on any atom is -0.339 e. The van der Waals surface area contributed by atoms with Crippen LogP contribution in [0.15, 0.2) is 83.3 Å². The number of halogens is 2. The number of carbonyl (C=O) groups excluding carboxylic acids is 3. The Morgan fingerprint density at radius 3 is 2.22 bits per heavy atom. The zero-order chi connectivity index (χ0) is 26.0. The van der Waals surface area contributed by atoms with Crippen molar-refractivity contribution in [3.05, 3.63) is 94.7 Å². The van der Waals surface area contributed by atoms with Crippen molar-refractivity contribution in [3.63, 3.8) is 0 Å². The first-order chi connectivity index (χ1) is 17.9. The van der Waals surface area contributed by atoms with Gasteiger partial charge in [0.25, 0.3) is 11.8 Å². The first-order valence-electron chi connectivity index (χ1n) is 12.1. The molecule has 3 amide bonds. The lowest BCUT2D eigenvalue weighted by Crippen LogP contribution is -2.57. The summed E-state index contributed by atoms with van der Waals surface area (Å²) in [5, 5.41) is 2.73. The van der Waals surface area contributed by atoms with Crippen LogP contribution in [0.5, 0.6) is 0 Å². The van der Waals surface area contributed by atoms with Crippen molar-refractivity contribution in [3.8, 4) is 0 Å². The molecule has 0 aromatic heterocycles. The molecule has 2 aliphatic heterocycles. The predicted octanol–water partition coefficient (Wildman–Crippen LogP) is 4.51. The lowest BCUT2D eigenvalue weighted by molar-refractivity contribution is -0.136. The number of piperidine rings is 1. The molecule has 0 atom stereocenters. The summed E-state index contributed by atoms with van der Waals surface area (Å²) in [6, 6.07) is 22.4. The number of carbonyl (C=O) groups is 3. The van der Waals surface area contributed by atoms with Gasteiger partial charge in [-0.1, -0.05) is 34.1 Å². The van der Waals surface area contributed by atoms with E-state index in [9.17, 15) is 18.8 Å². The number of benzene rings is 3. The highest BCUT2D eigenvalue weighted by Gasteiger charge is 2.54. The highest BCUT2D eigenvalue weighted by molar-refractivity contribution is 9.10. The number of hydrogen-bond acceptors (Lipinski definition) is 4. The molecule has 0 aliphatic carbocycles. The van der Waals surface area contributed by atoms with E-state index in [1.54, 1.807) is 21.9 Å². The van der Waals surface area contributed by atoms with E-state index < -0.39 is 11.4 Å². The molecule has 9 heteroatoms. The van der Waals surface area contributed by atoms with E-state index in [1.165, 1.54) is 24.3 Å². The average Bonchev–Trinajstić information content (AvgIpc) is 3.17. The van der Waals surface area contributed by atoms with Crippen molar-refractivity contribution in [1.29, 1.82) is 0 Å². The van der Waals surface area contributed by atoms with Crippen molar-refractivity contribution in [1.82, 2.24) is 9.80 Å². The predicted molar refractivity (Wildman–Crippen MR) is 143 cm³/mol. The van der Waals surface area contributed by atoms with Crippen LogP contribution >= 0.6 is 15.9 Å². The molecule has 37 heavy (non-hydrogen) atoms. The molecule has 1 N–H and O–H groups in total. The smallest absolute Gasteiger partial charge is 0.253 e. The van der Waals surface area contributed by atoms with Gasteiger partial charge in [0.1, 0.15) is 17.9 Å². The van der Waals surface area contributed by atoms with Gasteiger partial charge in [-0.05, 0) is 73.5 Å². The number of nitrogens with one attached hydrogen (secondary N) is 1. The molecule has 2 fully saturated rings. The molecule has 3 aromatic carbocycles. The fourth-order valence-electron chi connectivity index (χ4n) is 5.08. The minimum absolute atomic E-state index is 0.0606. The number of hydrogen-bond donors (Lipinski definition) is 1. The molecule has 0 radical (unpaired) electrons. The fourth-order valence-corrected chi connectivity index (χ4v) is 5.35. The SMILES string of the molecule is O=C(CN1CN(c2ccccc2)C2(CCN(C(=O)c3ccc(Br)cc3)CC2)C1=O)Nc1ccc(F)cc1. The Bertz CT molecular complexity index is 1290. The van der Waals surface area contributed by atoms with Crippen LogP contribution in [0.4, 0.5) is 15.8 Å². The van der Waals surface area contributed by atoms with E-state index in [0.717, 1.165) is 10.2 Å². The third-order valence-corrected chi connectivity index (χ3v) is 7.54. The van der Waals surface area contributed by atoms with Gasteiger partial charge < -0.3 is 20.0 Å². The summed E-state index contributed by atoms with van der Waals surface area (Å²) in [5.41, 5.74) is 1.13. The van der Waals surface area contributed by atoms with Crippen molar-refractivity contribution < 1.29 is 18.8 Å². The second kappa shape index (κ2) is 10.3. The Kier molecular flexibility index (Phi) is 6.97. The number of anilines is 2. The van der Waals surface area contributed by atoms with E-state index in [1.807, 2.05) is 42.5 Å². The van der Waals surface area contributed by atoms with E-state index >= 15 is 0 Å². The fraction of sp³-hybridized carbons (Fsp3) is 0.250. The Hall–Kier alpha value is -3.72. The third kappa shape index (κ3) is 5.09. The Balaban J connectivity index is 1.33. The second-order valence-corrected chi connectivity index (χ2v) is 10.2. The van der Waals surface area contributed by atoms with Crippen LogP contribution in [0.3, 0.4) is 0 Å². The molecule has 5 rings (SSSR count). The maximum Gasteiger partial charge on any atom is 0.253 e. The molecule has 2 aliphatic rings.